The smallest absolute Gasteiger partial charge is 0.231 e. The summed E-state index contributed by atoms with van der Waals surface area (Å²) in [4.78, 5) is 21.0. The zero-order valence-corrected chi connectivity index (χ0v) is 13.2. The summed E-state index contributed by atoms with van der Waals surface area (Å²) in [5, 5.41) is 0.208. The van der Waals surface area contributed by atoms with E-state index in [-0.39, 0.29) is 5.28 Å². The van der Waals surface area contributed by atoms with Gasteiger partial charge in [0.2, 0.25) is 17.2 Å². The molecule has 0 spiro atoms. The molecule has 7 heteroatoms. The number of nitrogens with zero attached hydrogens (tertiary/aromatic N) is 6. The molecule has 0 radical (unpaired) electrons. The molecule has 2 aromatic rings. The summed E-state index contributed by atoms with van der Waals surface area (Å²) in [5.41, 5.74) is 1.08. The van der Waals surface area contributed by atoms with Crippen molar-refractivity contribution < 1.29 is 0 Å². The van der Waals surface area contributed by atoms with Crippen molar-refractivity contribution >= 4 is 23.5 Å². The minimum atomic E-state index is 0.208. The van der Waals surface area contributed by atoms with Crippen LogP contribution in [0.2, 0.25) is 5.28 Å². The molecule has 0 N–H and O–H groups in total. The molecule has 0 unspecified atom stereocenters. The summed E-state index contributed by atoms with van der Waals surface area (Å²) in [6.45, 7) is 6.41. The van der Waals surface area contributed by atoms with Crippen LogP contribution >= 0.6 is 11.6 Å². The Kier molecular flexibility index (Phi) is 5.27. The minimum Gasteiger partial charge on any atom is -0.341 e. The Bertz CT molecular complexity index is 573. The molecular formula is C14H19ClN6. The summed E-state index contributed by atoms with van der Waals surface area (Å²) < 4.78 is 0. The van der Waals surface area contributed by atoms with Gasteiger partial charge in [0, 0.05) is 39.1 Å². The van der Waals surface area contributed by atoms with Crippen molar-refractivity contribution in [1.82, 2.24) is 19.9 Å². The van der Waals surface area contributed by atoms with Gasteiger partial charge in [-0.15, -0.1) is 0 Å². The standard InChI is InChI=1S/C14H19ClN6/c1-4-21(5-2)14-18-12(15)17-13(19-14)20(3)10-11-7-6-8-16-9-11/h6-9H,4-5,10H2,1-3H3. The first-order chi connectivity index (χ1) is 10.1. The van der Waals surface area contributed by atoms with Gasteiger partial charge in [0.1, 0.15) is 0 Å². The van der Waals surface area contributed by atoms with Gasteiger partial charge in [-0.1, -0.05) is 6.07 Å². The highest BCUT2D eigenvalue weighted by atomic mass is 35.5. The molecule has 0 aliphatic rings. The molecule has 0 fully saturated rings. The molecule has 0 aliphatic carbocycles. The monoisotopic (exact) mass is 306 g/mol. The molecule has 21 heavy (non-hydrogen) atoms. The van der Waals surface area contributed by atoms with E-state index in [0.29, 0.717) is 18.4 Å². The molecule has 2 rings (SSSR count). The van der Waals surface area contributed by atoms with Crippen molar-refractivity contribution in [3.63, 3.8) is 0 Å². The lowest BCUT2D eigenvalue weighted by Crippen LogP contribution is -2.26. The maximum Gasteiger partial charge on any atom is 0.231 e. The fraction of sp³-hybridized carbons (Fsp3) is 0.429. The van der Waals surface area contributed by atoms with Crippen molar-refractivity contribution in [1.29, 1.82) is 0 Å². The van der Waals surface area contributed by atoms with Crippen molar-refractivity contribution in [2.75, 3.05) is 29.9 Å². The molecule has 6 nitrogen and oxygen atoms in total. The number of hydrogen-bond acceptors (Lipinski definition) is 6. The fourth-order valence-electron chi connectivity index (χ4n) is 1.98. The average Bonchev–Trinajstić information content (AvgIpc) is 2.49. The van der Waals surface area contributed by atoms with Crippen molar-refractivity contribution in [3.8, 4) is 0 Å². The molecular weight excluding hydrogens is 288 g/mol. The first-order valence-electron chi connectivity index (χ1n) is 6.90. The Morgan fingerprint density at radius 2 is 1.81 bits per heavy atom. The highest BCUT2D eigenvalue weighted by Crippen LogP contribution is 2.17. The van der Waals surface area contributed by atoms with Crippen LogP contribution in [0.5, 0.6) is 0 Å². The predicted octanol–water partition coefficient (Wildman–Crippen LogP) is 2.40. The van der Waals surface area contributed by atoms with Gasteiger partial charge in [-0.25, -0.2) is 0 Å². The van der Waals surface area contributed by atoms with Gasteiger partial charge in [-0.3, -0.25) is 4.98 Å². The third-order valence-corrected chi connectivity index (χ3v) is 3.28. The van der Waals surface area contributed by atoms with Crippen LogP contribution in [-0.4, -0.2) is 40.1 Å². The predicted molar refractivity (Wildman–Crippen MR) is 84.7 cm³/mol. The Labute approximate surface area is 129 Å². The number of anilines is 2. The van der Waals surface area contributed by atoms with Crippen LogP contribution < -0.4 is 9.80 Å². The molecule has 0 atom stereocenters. The summed E-state index contributed by atoms with van der Waals surface area (Å²) in [6, 6.07) is 3.92. The third-order valence-electron chi connectivity index (χ3n) is 3.11. The van der Waals surface area contributed by atoms with Crippen LogP contribution in [0.3, 0.4) is 0 Å². The lowest BCUT2D eigenvalue weighted by molar-refractivity contribution is 0.790. The number of pyridine rings is 1. The summed E-state index contributed by atoms with van der Waals surface area (Å²) in [7, 11) is 1.92. The SMILES string of the molecule is CCN(CC)c1nc(Cl)nc(N(C)Cc2cccnc2)n1. The second-order valence-electron chi connectivity index (χ2n) is 4.59. The zero-order valence-electron chi connectivity index (χ0n) is 12.5. The molecule has 0 bridgehead atoms. The van der Waals surface area contributed by atoms with Crippen LogP contribution in [0.4, 0.5) is 11.9 Å². The molecule has 2 aromatic heterocycles. The van der Waals surface area contributed by atoms with E-state index in [2.05, 4.69) is 33.8 Å². The number of halogens is 1. The highest BCUT2D eigenvalue weighted by molar-refractivity contribution is 6.28. The first-order valence-corrected chi connectivity index (χ1v) is 7.28. The van der Waals surface area contributed by atoms with Crippen LogP contribution in [0.15, 0.2) is 24.5 Å². The highest BCUT2D eigenvalue weighted by Gasteiger charge is 2.13. The Hall–Kier alpha value is -1.95. The topological polar surface area (TPSA) is 58.0 Å². The molecule has 0 aromatic carbocycles. The van der Waals surface area contributed by atoms with Gasteiger partial charge in [-0.05, 0) is 37.1 Å². The number of aromatic nitrogens is 4. The van der Waals surface area contributed by atoms with Crippen LogP contribution in [0.25, 0.3) is 0 Å². The normalized spacial score (nSPS) is 10.5. The number of rotatable bonds is 6. The van der Waals surface area contributed by atoms with Crippen molar-refractivity contribution in [2.45, 2.75) is 20.4 Å². The van der Waals surface area contributed by atoms with E-state index in [1.807, 2.05) is 35.2 Å². The molecule has 112 valence electrons. The quantitative estimate of drug-likeness (QED) is 0.817. The maximum absolute atomic E-state index is 6.03. The van der Waals surface area contributed by atoms with E-state index in [0.717, 1.165) is 18.7 Å². The largest absolute Gasteiger partial charge is 0.341 e. The van der Waals surface area contributed by atoms with Gasteiger partial charge in [-0.2, -0.15) is 15.0 Å². The zero-order chi connectivity index (χ0) is 15.2. The average molecular weight is 307 g/mol. The lowest BCUT2D eigenvalue weighted by Gasteiger charge is -2.21. The summed E-state index contributed by atoms with van der Waals surface area (Å²) >= 11 is 6.03. The Balaban J connectivity index is 2.22. The molecule has 2 heterocycles. The first kappa shape index (κ1) is 15.4. The van der Waals surface area contributed by atoms with Gasteiger partial charge < -0.3 is 9.80 Å². The van der Waals surface area contributed by atoms with Gasteiger partial charge in [0.15, 0.2) is 0 Å². The van der Waals surface area contributed by atoms with Crippen LogP contribution in [-0.2, 0) is 6.54 Å². The summed E-state index contributed by atoms with van der Waals surface area (Å²) in [5.74, 6) is 1.16. The molecule has 0 saturated heterocycles. The van der Waals surface area contributed by atoms with Crippen LogP contribution in [0.1, 0.15) is 19.4 Å². The second-order valence-corrected chi connectivity index (χ2v) is 4.93. The maximum atomic E-state index is 6.03. The van der Waals surface area contributed by atoms with E-state index >= 15 is 0 Å². The molecule has 0 aliphatic heterocycles. The molecule has 0 amide bonds. The summed E-state index contributed by atoms with van der Waals surface area (Å²) in [6.07, 6.45) is 3.58. The fourth-order valence-corrected chi connectivity index (χ4v) is 2.14. The number of hydrogen-bond donors (Lipinski definition) is 0. The van der Waals surface area contributed by atoms with Crippen LogP contribution in [0, 0.1) is 0 Å². The third kappa shape index (κ3) is 4.01. The lowest BCUT2D eigenvalue weighted by atomic mass is 10.3. The van der Waals surface area contributed by atoms with Gasteiger partial charge in [0.25, 0.3) is 0 Å². The minimum absolute atomic E-state index is 0.208. The van der Waals surface area contributed by atoms with E-state index < -0.39 is 0 Å². The van der Waals surface area contributed by atoms with E-state index in [9.17, 15) is 0 Å². The van der Waals surface area contributed by atoms with Gasteiger partial charge >= 0.3 is 0 Å². The van der Waals surface area contributed by atoms with E-state index in [4.69, 9.17) is 11.6 Å². The second kappa shape index (κ2) is 7.17. The molecule has 0 saturated carbocycles. The van der Waals surface area contributed by atoms with E-state index in [1.54, 1.807) is 6.20 Å². The van der Waals surface area contributed by atoms with Crippen molar-refractivity contribution in [2.24, 2.45) is 0 Å². The van der Waals surface area contributed by atoms with Gasteiger partial charge in [0.05, 0.1) is 0 Å². The van der Waals surface area contributed by atoms with E-state index in [1.165, 1.54) is 0 Å². The Morgan fingerprint density at radius 3 is 2.43 bits per heavy atom. The Morgan fingerprint density at radius 1 is 1.10 bits per heavy atom. The van der Waals surface area contributed by atoms with Crippen molar-refractivity contribution in [3.05, 3.63) is 35.4 Å².